The zero-order valence-corrected chi connectivity index (χ0v) is 32.7. The SMILES string of the molecule is CNC(C#Cc1cccc(-c2nc(C(=O)O)cc3c2[C@@H](CCO[Si](c2ccccc2)(c2ccccc2)C(C)(C)C)N([S@+]([O-])C(C)(C)C)C3)c1)NC. The van der Waals surface area contributed by atoms with E-state index in [1.165, 1.54) is 10.4 Å². The number of aromatic nitrogens is 1. The molecule has 0 bridgehead atoms. The number of hydrogen-bond acceptors (Lipinski definition) is 7. The zero-order valence-electron chi connectivity index (χ0n) is 30.9. The lowest BCUT2D eigenvalue weighted by Gasteiger charge is -2.43. The molecule has 0 saturated heterocycles. The topological polar surface area (TPSA) is 110 Å². The van der Waals surface area contributed by atoms with Crippen LogP contribution >= 0.6 is 0 Å². The molecule has 0 spiro atoms. The Morgan fingerprint density at radius 1 is 0.980 bits per heavy atom. The van der Waals surface area contributed by atoms with Gasteiger partial charge in [0.25, 0.3) is 8.32 Å². The van der Waals surface area contributed by atoms with Gasteiger partial charge in [-0.3, -0.25) is 10.6 Å². The number of nitrogens with one attached hydrogen (secondary N) is 2. The van der Waals surface area contributed by atoms with Crippen LogP contribution in [0.15, 0.2) is 91.0 Å². The van der Waals surface area contributed by atoms with E-state index in [2.05, 4.69) is 91.8 Å². The third kappa shape index (κ3) is 8.16. The van der Waals surface area contributed by atoms with Crippen molar-refractivity contribution in [2.75, 3.05) is 20.7 Å². The van der Waals surface area contributed by atoms with Crippen LogP contribution < -0.4 is 21.0 Å². The molecule has 8 nitrogen and oxygen atoms in total. The number of hydrogen-bond donors (Lipinski definition) is 3. The van der Waals surface area contributed by atoms with Gasteiger partial charge in [-0.05, 0) is 80.5 Å². The summed E-state index contributed by atoms with van der Waals surface area (Å²) < 4.78 is 23.1. The maximum Gasteiger partial charge on any atom is 0.354 e. The molecular weight excluding hydrogens is 673 g/mol. The van der Waals surface area contributed by atoms with Crippen LogP contribution in [0.4, 0.5) is 0 Å². The predicted molar refractivity (Wildman–Crippen MR) is 210 cm³/mol. The first-order chi connectivity index (χ1) is 24.2. The van der Waals surface area contributed by atoms with Gasteiger partial charge >= 0.3 is 5.97 Å². The van der Waals surface area contributed by atoms with Crippen molar-refractivity contribution in [2.45, 2.75) is 76.5 Å². The van der Waals surface area contributed by atoms with E-state index in [-0.39, 0.29) is 22.9 Å². The van der Waals surface area contributed by atoms with Crippen LogP contribution in [0.1, 0.15) is 81.2 Å². The Labute approximate surface area is 307 Å². The fourth-order valence-corrected chi connectivity index (χ4v) is 12.9. The van der Waals surface area contributed by atoms with Gasteiger partial charge in [-0.15, -0.1) is 4.31 Å². The van der Waals surface area contributed by atoms with Crippen LogP contribution in [0, 0.1) is 11.8 Å². The fraction of sp³-hybridized carbons (Fsp3) is 0.366. The monoisotopic (exact) mass is 722 g/mol. The highest BCUT2D eigenvalue weighted by atomic mass is 32.2. The van der Waals surface area contributed by atoms with Crippen LogP contribution in [0.5, 0.6) is 0 Å². The number of nitrogens with zero attached hydrogens (tertiary/aromatic N) is 2. The highest BCUT2D eigenvalue weighted by Crippen LogP contribution is 2.46. The molecule has 0 radical (unpaired) electrons. The van der Waals surface area contributed by atoms with Gasteiger partial charge in [-0.2, -0.15) is 0 Å². The molecule has 3 N–H and O–H groups in total. The molecule has 2 atom stereocenters. The van der Waals surface area contributed by atoms with Gasteiger partial charge in [0.15, 0.2) is 0 Å². The van der Waals surface area contributed by atoms with Crippen molar-refractivity contribution in [2.24, 2.45) is 0 Å². The average molecular weight is 723 g/mol. The molecule has 0 amide bonds. The van der Waals surface area contributed by atoms with Gasteiger partial charge in [0.1, 0.15) is 16.6 Å². The minimum Gasteiger partial charge on any atom is -0.597 e. The number of fused-ring (bicyclic) bond motifs is 1. The Kier molecular flexibility index (Phi) is 11.9. The number of carbonyl (C=O) groups is 1. The normalized spacial score (nSPS) is 15.7. The Morgan fingerprint density at radius 3 is 2.12 bits per heavy atom. The summed E-state index contributed by atoms with van der Waals surface area (Å²) >= 11 is -1.40. The third-order valence-electron chi connectivity index (χ3n) is 9.31. The first kappa shape index (κ1) is 38.4. The largest absolute Gasteiger partial charge is 0.597 e. The Balaban J connectivity index is 1.62. The summed E-state index contributed by atoms with van der Waals surface area (Å²) in [6, 6.07) is 30.1. The van der Waals surface area contributed by atoms with Crippen molar-refractivity contribution in [1.82, 2.24) is 19.9 Å². The van der Waals surface area contributed by atoms with E-state index < -0.39 is 30.4 Å². The maximum atomic E-state index is 14.3. The van der Waals surface area contributed by atoms with E-state index in [9.17, 15) is 14.5 Å². The first-order valence-corrected chi connectivity index (χ1v) is 20.4. The molecule has 0 aliphatic carbocycles. The van der Waals surface area contributed by atoms with E-state index in [0.717, 1.165) is 22.3 Å². The van der Waals surface area contributed by atoms with Gasteiger partial charge < -0.3 is 14.1 Å². The molecule has 5 rings (SSSR count). The second kappa shape index (κ2) is 15.8. The Hall–Kier alpha value is -3.79. The number of carboxylic acid groups (broad SMARTS) is 1. The molecule has 268 valence electrons. The van der Waals surface area contributed by atoms with Crippen LogP contribution in [0.2, 0.25) is 5.04 Å². The molecule has 0 fully saturated rings. The number of pyridine rings is 1. The molecule has 1 aliphatic heterocycles. The summed E-state index contributed by atoms with van der Waals surface area (Å²) in [5.74, 6) is 5.29. The number of rotatable bonds is 11. The molecule has 0 unspecified atom stereocenters. The minimum atomic E-state index is -2.85. The molecular formula is C41H50N4O4SSi. The van der Waals surface area contributed by atoms with Gasteiger partial charge in [-0.25, -0.2) is 9.78 Å². The molecule has 51 heavy (non-hydrogen) atoms. The van der Waals surface area contributed by atoms with Crippen LogP contribution in [0.3, 0.4) is 0 Å². The number of benzene rings is 3. The highest BCUT2D eigenvalue weighted by Gasteiger charge is 2.51. The first-order valence-electron chi connectivity index (χ1n) is 17.4. The van der Waals surface area contributed by atoms with Gasteiger partial charge in [-0.1, -0.05) is 105 Å². The number of carboxylic acids is 1. The standard InChI is InChI=1S/C41H50N4O4SSi/c1-40(2,3)50(48)45-28-31-27-34(39(46)47)44-38(30-17-15-16-29(26-30)22-23-36(42-7)43-8)37(31)35(45)24-25-49-51(41(4,5)6,32-18-11-9-12-19-32)33-20-13-10-14-21-33/h9-21,26-27,35-36,42-43H,24-25,28H2,1-8H3,(H,46,47)/t35-,50-/m1/s1. The van der Waals surface area contributed by atoms with Crippen molar-refractivity contribution in [3.8, 4) is 23.1 Å². The second-order valence-electron chi connectivity index (χ2n) is 14.8. The Morgan fingerprint density at radius 2 is 1.59 bits per heavy atom. The smallest absolute Gasteiger partial charge is 0.354 e. The maximum absolute atomic E-state index is 14.3. The van der Waals surface area contributed by atoms with Gasteiger partial charge in [0, 0.05) is 34.7 Å². The predicted octanol–water partition coefficient (Wildman–Crippen LogP) is 5.85. The lowest BCUT2D eigenvalue weighted by atomic mass is 9.95. The third-order valence-corrected chi connectivity index (χ3v) is 16.2. The van der Waals surface area contributed by atoms with E-state index in [1.807, 2.05) is 75.6 Å². The van der Waals surface area contributed by atoms with Crippen LogP contribution in [-0.2, 0) is 22.3 Å². The quantitative estimate of drug-likeness (QED) is 0.0767. The van der Waals surface area contributed by atoms with E-state index in [4.69, 9.17) is 9.41 Å². The van der Waals surface area contributed by atoms with Gasteiger partial charge in [0.2, 0.25) is 0 Å². The molecule has 3 aromatic carbocycles. The summed E-state index contributed by atoms with van der Waals surface area (Å²) in [6.07, 6.45) is 0.346. The van der Waals surface area contributed by atoms with E-state index in [0.29, 0.717) is 25.3 Å². The molecule has 1 aliphatic rings. The second-order valence-corrected chi connectivity index (χ2v) is 21.3. The minimum absolute atomic E-state index is 0.0450. The van der Waals surface area contributed by atoms with Crippen LogP contribution in [0.25, 0.3) is 11.3 Å². The summed E-state index contributed by atoms with van der Waals surface area (Å²) in [5.41, 5.74) is 3.75. The molecule has 0 saturated carbocycles. The number of aromatic carboxylic acids is 1. The Bertz CT molecular complexity index is 1840. The van der Waals surface area contributed by atoms with Crippen LogP contribution in [-0.4, -0.2) is 64.9 Å². The van der Waals surface area contributed by atoms with E-state index >= 15 is 0 Å². The summed E-state index contributed by atoms with van der Waals surface area (Å²) in [7, 11) is 0.824. The highest BCUT2D eigenvalue weighted by molar-refractivity contribution is 7.90. The van der Waals surface area contributed by atoms with Crippen molar-refractivity contribution in [3.63, 3.8) is 0 Å². The van der Waals surface area contributed by atoms with E-state index in [1.54, 1.807) is 6.07 Å². The van der Waals surface area contributed by atoms with Crippen molar-refractivity contribution >= 4 is 36.0 Å². The summed E-state index contributed by atoms with van der Waals surface area (Å²) in [6.45, 7) is 13.4. The molecule has 2 heterocycles. The van der Waals surface area contributed by atoms with Crippen molar-refractivity contribution < 1.29 is 18.9 Å². The lowest BCUT2D eigenvalue weighted by molar-refractivity contribution is 0.0690. The summed E-state index contributed by atoms with van der Waals surface area (Å²) in [5, 5.41) is 18.5. The fourth-order valence-electron chi connectivity index (χ4n) is 6.95. The van der Waals surface area contributed by atoms with Gasteiger partial charge in [0.05, 0.1) is 18.3 Å². The molecule has 10 heteroatoms. The summed E-state index contributed by atoms with van der Waals surface area (Å²) in [4.78, 5) is 17.2. The van der Waals surface area contributed by atoms with Crippen molar-refractivity contribution in [1.29, 1.82) is 0 Å². The lowest BCUT2D eigenvalue weighted by Crippen LogP contribution is -2.66. The molecule has 1 aromatic heterocycles. The average Bonchev–Trinajstić information content (AvgIpc) is 3.47. The molecule has 4 aromatic rings. The van der Waals surface area contributed by atoms with Crippen molar-refractivity contribution in [3.05, 3.63) is 113 Å². The zero-order chi connectivity index (χ0) is 37.0.